The first-order chi connectivity index (χ1) is 11.5. The number of benzene rings is 2. The summed E-state index contributed by atoms with van der Waals surface area (Å²) in [5, 5.41) is 15.2. The van der Waals surface area contributed by atoms with Crippen LogP contribution < -0.4 is 15.3 Å². The van der Waals surface area contributed by atoms with E-state index in [1.807, 2.05) is 6.92 Å². The topological polar surface area (TPSA) is 90.8 Å². The Morgan fingerprint density at radius 2 is 2.04 bits per heavy atom. The Morgan fingerprint density at radius 3 is 2.75 bits per heavy atom. The second-order valence-corrected chi connectivity index (χ2v) is 5.30. The summed E-state index contributed by atoms with van der Waals surface area (Å²) in [6, 6.07) is 11.2. The maximum absolute atomic E-state index is 11.7. The van der Waals surface area contributed by atoms with E-state index in [9.17, 15) is 14.7 Å². The van der Waals surface area contributed by atoms with Crippen molar-refractivity contribution in [2.75, 3.05) is 6.61 Å². The zero-order valence-electron chi connectivity index (χ0n) is 12.8. The fraction of sp³-hybridized carbons (Fsp3) is 0.118. The van der Waals surface area contributed by atoms with Crippen LogP contribution in [-0.4, -0.2) is 24.7 Å². The minimum absolute atomic E-state index is 0.0106. The summed E-state index contributed by atoms with van der Waals surface area (Å²) in [7, 11) is 0. The van der Waals surface area contributed by atoms with Gasteiger partial charge >= 0.3 is 0 Å². The Hall–Kier alpha value is -2.86. The summed E-state index contributed by atoms with van der Waals surface area (Å²) in [6.07, 6.45) is 1.23. The van der Waals surface area contributed by atoms with E-state index in [1.165, 1.54) is 12.3 Å². The van der Waals surface area contributed by atoms with Crippen LogP contribution in [0.25, 0.3) is 0 Å². The minimum Gasteiger partial charge on any atom is -0.545 e. The van der Waals surface area contributed by atoms with Crippen molar-refractivity contribution in [3.05, 3.63) is 64.2 Å². The van der Waals surface area contributed by atoms with Crippen molar-refractivity contribution in [2.45, 2.75) is 6.92 Å². The smallest absolute Gasteiger partial charge is 0.277 e. The van der Waals surface area contributed by atoms with Gasteiger partial charge in [-0.05, 0) is 30.7 Å². The number of aromatic carboxylic acids is 1. The Bertz CT molecular complexity index is 790. The van der Waals surface area contributed by atoms with Gasteiger partial charge in [-0.25, -0.2) is 5.43 Å². The number of carbonyl (C=O) groups is 2. The van der Waals surface area contributed by atoms with E-state index >= 15 is 0 Å². The van der Waals surface area contributed by atoms with Crippen molar-refractivity contribution < 1.29 is 19.4 Å². The molecule has 2 aromatic rings. The van der Waals surface area contributed by atoms with Gasteiger partial charge in [-0.2, -0.15) is 5.10 Å². The van der Waals surface area contributed by atoms with Crippen molar-refractivity contribution in [3.8, 4) is 5.75 Å². The summed E-state index contributed by atoms with van der Waals surface area (Å²) in [5.74, 6) is -1.25. The molecule has 0 bridgehead atoms. The molecule has 0 aliphatic rings. The van der Waals surface area contributed by atoms with Gasteiger partial charge < -0.3 is 14.6 Å². The number of carboxylic acids is 1. The molecule has 0 saturated carbocycles. The first-order valence-electron chi connectivity index (χ1n) is 6.98. The zero-order valence-corrected chi connectivity index (χ0v) is 13.5. The maximum Gasteiger partial charge on any atom is 0.277 e. The highest BCUT2D eigenvalue weighted by molar-refractivity contribution is 6.30. The lowest BCUT2D eigenvalue weighted by molar-refractivity contribution is -0.255. The van der Waals surface area contributed by atoms with E-state index in [-0.39, 0.29) is 12.2 Å². The monoisotopic (exact) mass is 345 g/mol. The van der Waals surface area contributed by atoms with Gasteiger partial charge in [0.05, 0.1) is 12.2 Å². The number of hydrogen-bond donors (Lipinski definition) is 1. The molecule has 1 amide bonds. The molecule has 1 N–H and O–H groups in total. The molecule has 2 aromatic carbocycles. The lowest BCUT2D eigenvalue weighted by Gasteiger charge is -2.08. The van der Waals surface area contributed by atoms with Gasteiger partial charge in [0.2, 0.25) is 0 Å². The summed E-state index contributed by atoms with van der Waals surface area (Å²) in [4.78, 5) is 22.6. The Kier molecular flexibility index (Phi) is 5.92. The summed E-state index contributed by atoms with van der Waals surface area (Å²) in [6.45, 7) is 1.58. The van der Waals surface area contributed by atoms with Crippen LogP contribution >= 0.6 is 11.6 Å². The molecule has 0 spiro atoms. The molecule has 0 atom stereocenters. The molecule has 0 heterocycles. The van der Waals surface area contributed by atoms with Crippen molar-refractivity contribution >= 4 is 29.7 Å². The predicted molar refractivity (Wildman–Crippen MR) is 88.2 cm³/mol. The van der Waals surface area contributed by atoms with Crippen LogP contribution in [0.1, 0.15) is 21.5 Å². The lowest BCUT2D eigenvalue weighted by Crippen LogP contribution is -2.25. The SMILES string of the molecule is Cc1cc(Cl)ccc1OCC(=O)N/N=C\c1ccccc1C(=O)[O-]. The number of rotatable bonds is 6. The van der Waals surface area contributed by atoms with Crippen LogP contribution in [0.3, 0.4) is 0 Å². The molecular formula is C17H14ClN2O4-. The van der Waals surface area contributed by atoms with Crippen molar-refractivity contribution in [1.82, 2.24) is 5.43 Å². The molecule has 0 saturated heterocycles. The molecule has 6 nitrogen and oxygen atoms in total. The molecule has 7 heteroatoms. The fourth-order valence-corrected chi connectivity index (χ4v) is 2.15. The van der Waals surface area contributed by atoms with Crippen LogP contribution in [0.2, 0.25) is 5.02 Å². The standard InChI is InChI=1S/C17H15ClN2O4/c1-11-8-13(18)6-7-15(11)24-10-16(21)20-19-9-12-4-2-3-5-14(12)17(22)23/h2-9H,10H2,1H3,(H,20,21)(H,22,23)/p-1/b19-9-. The molecular weight excluding hydrogens is 332 g/mol. The van der Waals surface area contributed by atoms with E-state index in [1.54, 1.807) is 36.4 Å². The predicted octanol–water partition coefficient (Wildman–Crippen LogP) is 1.54. The summed E-state index contributed by atoms with van der Waals surface area (Å²) in [5.41, 5.74) is 3.39. The molecule has 0 fully saturated rings. The van der Waals surface area contributed by atoms with Crippen molar-refractivity contribution in [3.63, 3.8) is 0 Å². The van der Waals surface area contributed by atoms with Crippen LogP contribution in [0, 0.1) is 6.92 Å². The first kappa shape index (κ1) is 17.5. The van der Waals surface area contributed by atoms with Gasteiger partial charge in [-0.3, -0.25) is 4.79 Å². The van der Waals surface area contributed by atoms with Crippen molar-refractivity contribution in [1.29, 1.82) is 0 Å². The third-order valence-electron chi connectivity index (χ3n) is 3.07. The molecule has 0 unspecified atom stereocenters. The summed E-state index contributed by atoms with van der Waals surface area (Å²) >= 11 is 5.84. The molecule has 0 aliphatic carbocycles. The number of ether oxygens (including phenoxy) is 1. The first-order valence-corrected chi connectivity index (χ1v) is 7.36. The van der Waals surface area contributed by atoms with Gasteiger partial charge in [0, 0.05) is 16.1 Å². The largest absolute Gasteiger partial charge is 0.545 e. The summed E-state index contributed by atoms with van der Waals surface area (Å²) < 4.78 is 5.37. The third-order valence-corrected chi connectivity index (χ3v) is 3.30. The minimum atomic E-state index is -1.31. The quantitative estimate of drug-likeness (QED) is 0.635. The van der Waals surface area contributed by atoms with Gasteiger partial charge in [0.15, 0.2) is 6.61 Å². The number of nitrogens with zero attached hydrogens (tertiary/aromatic N) is 1. The highest BCUT2D eigenvalue weighted by Crippen LogP contribution is 2.21. The number of halogens is 1. The Morgan fingerprint density at radius 1 is 1.29 bits per heavy atom. The average molecular weight is 346 g/mol. The second-order valence-electron chi connectivity index (χ2n) is 4.87. The zero-order chi connectivity index (χ0) is 17.5. The Balaban J connectivity index is 1.90. The fourth-order valence-electron chi connectivity index (χ4n) is 1.92. The van der Waals surface area contributed by atoms with Crippen LogP contribution in [0.5, 0.6) is 5.75 Å². The van der Waals surface area contributed by atoms with Crippen molar-refractivity contribution in [2.24, 2.45) is 5.10 Å². The highest BCUT2D eigenvalue weighted by atomic mass is 35.5. The number of nitrogens with one attached hydrogen (secondary N) is 1. The molecule has 2 rings (SSSR count). The third kappa shape index (κ3) is 4.82. The number of carbonyl (C=O) groups excluding carboxylic acids is 2. The van der Waals surface area contributed by atoms with E-state index in [0.29, 0.717) is 16.3 Å². The van der Waals surface area contributed by atoms with Gasteiger partial charge in [-0.1, -0.05) is 35.9 Å². The maximum atomic E-state index is 11.7. The van der Waals surface area contributed by atoms with Gasteiger partial charge in [-0.15, -0.1) is 0 Å². The molecule has 124 valence electrons. The van der Waals surface area contributed by atoms with Gasteiger partial charge in [0.25, 0.3) is 5.91 Å². The lowest BCUT2D eigenvalue weighted by atomic mass is 10.1. The highest BCUT2D eigenvalue weighted by Gasteiger charge is 2.05. The van der Waals surface area contributed by atoms with Gasteiger partial charge in [0.1, 0.15) is 5.75 Å². The van der Waals surface area contributed by atoms with E-state index < -0.39 is 11.9 Å². The van der Waals surface area contributed by atoms with Crippen LogP contribution in [0.4, 0.5) is 0 Å². The normalized spacial score (nSPS) is 10.6. The molecule has 24 heavy (non-hydrogen) atoms. The van der Waals surface area contributed by atoms with E-state index in [0.717, 1.165) is 5.56 Å². The Labute approximate surface area is 143 Å². The van der Waals surface area contributed by atoms with Crippen LogP contribution in [-0.2, 0) is 4.79 Å². The molecule has 0 aromatic heterocycles. The molecule has 0 aliphatic heterocycles. The van der Waals surface area contributed by atoms with E-state index in [2.05, 4.69) is 10.5 Å². The number of amides is 1. The van der Waals surface area contributed by atoms with Crippen LogP contribution in [0.15, 0.2) is 47.6 Å². The number of aryl methyl sites for hydroxylation is 1. The van der Waals surface area contributed by atoms with E-state index in [4.69, 9.17) is 16.3 Å². The number of hydrazone groups is 1. The number of carboxylic acid groups (broad SMARTS) is 1. The second kappa shape index (κ2) is 8.12. The molecule has 0 radical (unpaired) electrons. The average Bonchev–Trinajstić information content (AvgIpc) is 2.54. The number of hydrogen-bond acceptors (Lipinski definition) is 5.